The number of carbonyl (C=O) groups is 1. The van der Waals surface area contributed by atoms with Gasteiger partial charge in [0.05, 0.1) is 18.1 Å². The lowest BCUT2D eigenvalue weighted by atomic mass is 9.84. The molecule has 24 heavy (non-hydrogen) atoms. The molecule has 0 aliphatic heterocycles. The minimum Gasteiger partial charge on any atom is -0.466 e. The average molecular weight is 327 g/mol. The van der Waals surface area contributed by atoms with Gasteiger partial charge >= 0.3 is 5.97 Å². The van der Waals surface area contributed by atoms with Crippen molar-refractivity contribution in [2.24, 2.45) is 0 Å². The average Bonchev–Trinajstić information content (AvgIpc) is 2.62. The van der Waals surface area contributed by atoms with E-state index in [0.29, 0.717) is 11.1 Å². The highest BCUT2D eigenvalue weighted by molar-refractivity contribution is 5.89. The minimum absolute atomic E-state index is 0.0750. The van der Waals surface area contributed by atoms with Crippen LogP contribution in [-0.2, 0) is 9.53 Å². The number of benzene rings is 2. The molecule has 0 bridgehead atoms. The zero-order chi connectivity index (χ0) is 17.7. The molecule has 1 N–H and O–H groups in total. The van der Waals surface area contributed by atoms with E-state index in [0.717, 1.165) is 0 Å². The van der Waals surface area contributed by atoms with Gasteiger partial charge in [0.1, 0.15) is 0 Å². The first-order chi connectivity index (χ1) is 11.5. The Hall–Kier alpha value is -2.99. The molecule has 6 nitrogen and oxygen atoms in total. The minimum atomic E-state index is -1.10. The van der Waals surface area contributed by atoms with E-state index in [1.807, 2.05) is 6.07 Å². The third-order valence-corrected chi connectivity index (χ3v) is 3.74. The molecule has 2 aromatic rings. The summed E-state index contributed by atoms with van der Waals surface area (Å²) in [6, 6.07) is 14.5. The summed E-state index contributed by atoms with van der Waals surface area (Å²) >= 11 is 0. The number of methoxy groups -OCH3 is 1. The maximum Gasteiger partial charge on any atom is 0.333 e. The Morgan fingerprint density at radius 1 is 1.12 bits per heavy atom. The van der Waals surface area contributed by atoms with E-state index in [2.05, 4.69) is 6.58 Å². The van der Waals surface area contributed by atoms with Gasteiger partial charge in [-0.2, -0.15) is 0 Å². The zero-order valence-electron chi connectivity index (χ0n) is 13.1. The summed E-state index contributed by atoms with van der Waals surface area (Å²) in [5, 5.41) is 21.5. The summed E-state index contributed by atoms with van der Waals surface area (Å²) in [5.41, 5.74) is 1.17. The number of rotatable bonds is 6. The van der Waals surface area contributed by atoms with Crippen molar-refractivity contribution in [1.82, 2.24) is 0 Å². The maximum atomic E-state index is 11.9. The SMILES string of the molecule is C=C(C(=O)OC)[C@H](c1ccccc1)[C@@H](O)c1ccc([N+](=O)[O-])cc1. The lowest BCUT2D eigenvalue weighted by Crippen LogP contribution is -2.19. The van der Waals surface area contributed by atoms with Crippen LogP contribution in [0.15, 0.2) is 66.7 Å². The van der Waals surface area contributed by atoms with Crippen LogP contribution in [0.5, 0.6) is 0 Å². The molecule has 6 heteroatoms. The number of non-ortho nitro benzene ring substituents is 1. The Morgan fingerprint density at radius 3 is 2.21 bits per heavy atom. The molecule has 0 aromatic heterocycles. The smallest absolute Gasteiger partial charge is 0.333 e. The molecule has 0 spiro atoms. The fraction of sp³-hybridized carbons (Fsp3) is 0.167. The Labute approximate surface area is 139 Å². The monoisotopic (exact) mass is 327 g/mol. The highest BCUT2D eigenvalue weighted by Gasteiger charge is 2.29. The van der Waals surface area contributed by atoms with Crippen LogP contribution in [-0.4, -0.2) is 23.1 Å². The van der Waals surface area contributed by atoms with Crippen molar-refractivity contribution in [2.45, 2.75) is 12.0 Å². The van der Waals surface area contributed by atoms with Gasteiger partial charge in [0.15, 0.2) is 0 Å². The van der Waals surface area contributed by atoms with Crippen molar-refractivity contribution in [1.29, 1.82) is 0 Å². The molecule has 2 rings (SSSR count). The summed E-state index contributed by atoms with van der Waals surface area (Å²) in [6.07, 6.45) is -1.10. The molecule has 0 saturated carbocycles. The van der Waals surface area contributed by atoms with Gasteiger partial charge < -0.3 is 9.84 Å². The molecular weight excluding hydrogens is 310 g/mol. The fourth-order valence-corrected chi connectivity index (χ4v) is 2.48. The lowest BCUT2D eigenvalue weighted by Gasteiger charge is -2.24. The zero-order valence-corrected chi connectivity index (χ0v) is 13.1. The van der Waals surface area contributed by atoms with Gasteiger partial charge in [-0.1, -0.05) is 36.9 Å². The van der Waals surface area contributed by atoms with Crippen LogP contribution in [0.2, 0.25) is 0 Å². The predicted octanol–water partition coefficient (Wildman–Crippen LogP) is 3.14. The highest BCUT2D eigenvalue weighted by atomic mass is 16.6. The van der Waals surface area contributed by atoms with Crippen LogP contribution in [0.4, 0.5) is 5.69 Å². The Kier molecular flexibility index (Phi) is 5.44. The van der Waals surface area contributed by atoms with Crippen LogP contribution in [0, 0.1) is 10.1 Å². The third kappa shape index (κ3) is 3.67. The summed E-state index contributed by atoms with van der Waals surface area (Å²) in [5.74, 6) is -1.34. The largest absolute Gasteiger partial charge is 0.466 e. The van der Waals surface area contributed by atoms with Gasteiger partial charge in [-0.3, -0.25) is 10.1 Å². The van der Waals surface area contributed by atoms with E-state index < -0.39 is 22.9 Å². The van der Waals surface area contributed by atoms with Crippen molar-refractivity contribution >= 4 is 11.7 Å². The quantitative estimate of drug-likeness (QED) is 0.381. The number of ether oxygens (including phenoxy) is 1. The molecule has 0 unspecified atom stereocenters. The van der Waals surface area contributed by atoms with Gasteiger partial charge in [0.2, 0.25) is 0 Å². The number of nitrogens with zero attached hydrogens (tertiary/aromatic N) is 1. The van der Waals surface area contributed by atoms with Gasteiger partial charge in [-0.25, -0.2) is 4.79 Å². The number of aliphatic hydroxyl groups excluding tert-OH is 1. The summed E-state index contributed by atoms with van der Waals surface area (Å²) < 4.78 is 4.71. The third-order valence-electron chi connectivity index (χ3n) is 3.74. The highest BCUT2D eigenvalue weighted by Crippen LogP contribution is 2.37. The van der Waals surface area contributed by atoms with Gasteiger partial charge in [0, 0.05) is 23.6 Å². The number of aliphatic hydroxyl groups is 1. The molecule has 0 amide bonds. The van der Waals surface area contributed by atoms with E-state index in [1.54, 1.807) is 24.3 Å². The molecule has 0 saturated heterocycles. The first-order valence-electron chi connectivity index (χ1n) is 7.20. The molecule has 2 aromatic carbocycles. The van der Waals surface area contributed by atoms with Gasteiger partial charge in [-0.15, -0.1) is 0 Å². The molecule has 124 valence electrons. The molecule has 0 aliphatic rings. The van der Waals surface area contributed by atoms with Crippen molar-refractivity contribution in [2.75, 3.05) is 7.11 Å². The molecule has 0 fully saturated rings. The number of nitro benzene ring substituents is 1. The number of nitro groups is 1. The van der Waals surface area contributed by atoms with E-state index >= 15 is 0 Å². The van der Waals surface area contributed by atoms with Crippen LogP contribution >= 0.6 is 0 Å². The van der Waals surface area contributed by atoms with Crippen molar-refractivity contribution in [3.05, 3.63) is 88.0 Å². The number of hydrogen-bond acceptors (Lipinski definition) is 5. The number of hydrogen-bond donors (Lipinski definition) is 1. The molecule has 2 atom stereocenters. The summed E-state index contributed by atoms with van der Waals surface area (Å²) in [4.78, 5) is 22.1. The first-order valence-corrected chi connectivity index (χ1v) is 7.20. The van der Waals surface area contributed by atoms with Crippen molar-refractivity contribution in [3.63, 3.8) is 0 Å². The molecule has 0 radical (unpaired) electrons. The van der Waals surface area contributed by atoms with E-state index in [9.17, 15) is 20.0 Å². The van der Waals surface area contributed by atoms with Crippen molar-refractivity contribution in [3.8, 4) is 0 Å². The summed E-state index contributed by atoms with van der Waals surface area (Å²) in [7, 11) is 1.24. The lowest BCUT2D eigenvalue weighted by molar-refractivity contribution is -0.384. The maximum absolute atomic E-state index is 11.9. The Bertz CT molecular complexity index is 740. The van der Waals surface area contributed by atoms with E-state index in [-0.39, 0.29) is 11.3 Å². The van der Waals surface area contributed by atoms with Gasteiger partial charge in [-0.05, 0) is 23.3 Å². The van der Waals surface area contributed by atoms with Crippen LogP contribution < -0.4 is 0 Å². The fourth-order valence-electron chi connectivity index (χ4n) is 2.48. The van der Waals surface area contributed by atoms with Crippen LogP contribution in [0.3, 0.4) is 0 Å². The van der Waals surface area contributed by atoms with E-state index in [1.165, 1.54) is 31.4 Å². The van der Waals surface area contributed by atoms with Crippen molar-refractivity contribution < 1.29 is 19.6 Å². The Morgan fingerprint density at radius 2 is 1.71 bits per heavy atom. The van der Waals surface area contributed by atoms with Crippen LogP contribution in [0.1, 0.15) is 23.1 Å². The topological polar surface area (TPSA) is 89.7 Å². The number of carbonyl (C=O) groups excluding carboxylic acids is 1. The Balaban J connectivity index is 2.40. The second kappa shape index (κ2) is 7.52. The van der Waals surface area contributed by atoms with Crippen LogP contribution in [0.25, 0.3) is 0 Å². The predicted molar refractivity (Wildman–Crippen MR) is 88.4 cm³/mol. The normalized spacial score (nSPS) is 12.9. The molecular formula is C18H17NO5. The number of esters is 1. The summed E-state index contributed by atoms with van der Waals surface area (Å²) in [6.45, 7) is 3.75. The van der Waals surface area contributed by atoms with Gasteiger partial charge in [0.25, 0.3) is 5.69 Å². The second-order valence-electron chi connectivity index (χ2n) is 5.20. The first kappa shape index (κ1) is 17.4. The second-order valence-corrected chi connectivity index (χ2v) is 5.20. The standard InChI is InChI=1S/C18H17NO5/c1-12(18(21)24-2)16(13-6-4-3-5-7-13)17(20)14-8-10-15(11-9-14)19(22)23/h3-11,16-17,20H,1H2,2H3/t16-,17+/m1/s1. The molecule has 0 heterocycles. The molecule has 0 aliphatic carbocycles. The van der Waals surface area contributed by atoms with E-state index in [4.69, 9.17) is 4.74 Å².